The summed E-state index contributed by atoms with van der Waals surface area (Å²) < 4.78 is 4.28. The van der Waals surface area contributed by atoms with E-state index in [4.69, 9.17) is 0 Å². The van der Waals surface area contributed by atoms with Crippen LogP contribution < -0.4 is 10.00 Å². The molecule has 1 heterocycles. The third-order valence-electron chi connectivity index (χ3n) is 5.11. The molecule has 0 bridgehead atoms. The Morgan fingerprint density at radius 1 is 1.04 bits per heavy atom. The third kappa shape index (κ3) is 4.24. The van der Waals surface area contributed by atoms with Crippen LogP contribution in [0, 0.1) is 0 Å². The molecule has 1 saturated carbocycles. The fourth-order valence-corrected chi connectivity index (χ4v) is 3.87. The zero-order valence-electron chi connectivity index (χ0n) is 15.0. The molecular weight excluding hydrogens is 399 g/mol. The van der Waals surface area contributed by atoms with Gasteiger partial charge in [-0.3, -0.25) is 4.79 Å². The van der Waals surface area contributed by atoms with Crippen molar-refractivity contribution in [3.8, 4) is 0 Å². The Morgan fingerprint density at radius 2 is 1.81 bits per heavy atom. The molecule has 2 aromatic carbocycles. The number of aromatic nitrogens is 2. The predicted molar refractivity (Wildman–Crippen MR) is 99.3 cm³/mol. The Balaban J connectivity index is 0.00000196. The van der Waals surface area contributed by atoms with Gasteiger partial charge in [-0.05, 0) is 24.3 Å². The molecule has 0 aliphatic heterocycles. The molecule has 1 aliphatic carbocycles. The molecule has 1 amide bonds. The molecule has 1 radical (unpaired) electrons. The summed E-state index contributed by atoms with van der Waals surface area (Å²) in [6.07, 6.45) is 10.4. The summed E-state index contributed by atoms with van der Waals surface area (Å²) in [6.45, 7) is 0.340. The van der Waals surface area contributed by atoms with Gasteiger partial charge in [0, 0.05) is 49.8 Å². The van der Waals surface area contributed by atoms with Gasteiger partial charge >= 0.3 is 0 Å². The van der Waals surface area contributed by atoms with Crippen molar-refractivity contribution in [1.82, 2.24) is 4.68 Å². The van der Waals surface area contributed by atoms with Gasteiger partial charge in [0.25, 0.3) is 5.91 Å². The first-order valence-corrected chi connectivity index (χ1v) is 9.15. The van der Waals surface area contributed by atoms with Crippen molar-refractivity contribution in [2.24, 2.45) is 0 Å². The molecule has 0 saturated heterocycles. The van der Waals surface area contributed by atoms with Crippen molar-refractivity contribution < 1.29 is 42.2 Å². The maximum absolute atomic E-state index is 12.6. The van der Waals surface area contributed by atoms with Crippen LogP contribution in [0.1, 0.15) is 38.1 Å². The summed E-state index contributed by atoms with van der Waals surface area (Å²) in [5, 5.41) is 5.29. The summed E-state index contributed by atoms with van der Waals surface area (Å²) in [4.78, 5) is 12.6. The minimum absolute atomic E-state index is 0. The van der Waals surface area contributed by atoms with E-state index in [1.54, 1.807) is 0 Å². The van der Waals surface area contributed by atoms with E-state index in [0.29, 0.717) is 12.6 Å². The standard InChI is InChI=1S/C21H23N3O.Y/c25-21(22-20-13-6-9-17-8-4-5-12-19(17)20)16-23-14-7-15-24(23)18-10-2-1-3-11-18;/h4-9,12-15,18H,1-3,10-11,16H2;/p+1. The number of hydrogen-bond donors (Lipinski definition) is 1. The van der Waals surface area contributed by atoms with E-state index in [9.17, 15) is 4.79 Å². The van der Waals surface area contributed by atoms with Crippen molar-refractivity contribution in [3.63, 3.8) is 0 Å². The largest absolute Gasteiger partial charge is 0.320 e. The number of amides is 1. The summed E-state index contributed by atoms with van der Waals surface area (Å²) in [6, 6.07) is 16.7. The second kappa shape index (κ2) is 8.92. The van der Waals surface area contributed by atoms with Crippen LogP contribution in [0.3, 0.4) is 0 Å². The van der Waals surface area contributed by atoms with Gasteiger partial charge in [-0.2, -0.15) is 4.68 Å². The smallest absolute Gasteiger partial charge is 0.292 e. The van der Waals surface area contributed by atoms with Crippen molar-refractivity contribution >= 4 is 22.4 Å². The number of nitrogens with one attached hydrogen (secondary N) is 1. The summed E-state index contributed by atoms with van der Waals surface area (Å²) in [5.41, 5.74) is 0.875. The monoisotopic (exact) mass is 423 g/mol. The number of rotatable bonds is 4. The number of carbonyl (C=O) groups is 1. The molecule has 0 atom stereocenters. The van der Waals surface area contributed by atoms with E-state index < -0.39 is 0 Å². The first kappa shape index (κ1) is 19.3. The van der Waals surface area contributed by atoms with Crippen LogP contribution in [0.2, 0.25) is 0 Å². The number of benzene rings is 2. The fraction of sp³-hybridized carbons (Fsp3) is 0.333. The number of hydrogen-bond acceptors (Lipinski definition) is 1. The Kier molecular flexibility index (Phi) is 6.60. The summed E-state index contributed by atoms with van der Waals surface area (Å²) >= 11 is 0. The molecule has 0 spiro atoms. The molecule has 1 aliphatic rings. The predicted octanol–water partition coefficient (Wildman–Crippen LogP) is 4.07. The number of carbonyl (C=O) groups excluding carboxylic acids is 1. The van der Waals surface area contributed by atoms with Crippen molar-refractivity contribution in [3.05, 3.63) is 60.9 Å². The Labute approximate surface area is 179 Å². The van der Waals surface area contributed by atoms with E-state index >= 15 is 0 Å². The molecule has 4 rings (SSSR count). The third-order valence-corrected chi connectivity index (χ3v) is 5.11. The molecule has 1 N–H and O–H groups in total. The Hall–Kier alpha value is -1.52. The molecule has 0 unspecified atom stereocenters. The minimum Gasteiger partial charge on any atom is -0.320 e. The van der Waals surface area contributed by atoms with Crippen LogP contribution in [0.15, 0.2) is 60.9 Å². The number of nitrogens with zero attached hydrogens (tertiary/aromatic N) is 2. The van der Waals surface area contributed by atoms with Gasteiger partial charge in [0.2, 0.25) is 6.54 Å². The maximum atomic E-state index is 12.6. The zero-order valence-corrected chi connectivity index (χ0v) is 17.8. The molecule has 131 valence electrons. The second-order valence-electron chi connectivity index (χ2n) is 6.83. The van der Waals surface area contributed by atoms with Gasteiger partial charge in [-0.15, -0.1) is 4.68 Å². The maximum Gasteiger partial charge on any atom is 0.292 e. The first-order valence-electron chi connectivity index (χ1n) is 9.15. The SMILES string of the molecule is O=C(C[n+]1cccn1C1CCCCC1)Nc1cccc2ccccc12.[Y]. The molecule has 1 fully saturated rings. The Morgan fingerprint density at radius 3 is 2.65 bits per heavy atom. The topological polar surface area (TPSA) is 37.9 Å². The van der Waals surface area contributed by atoms with Crippen molar-refractivity contribution in [2.75, 3.05) is 5.32 Å². The summed E-state index contributed by atoms with van der Waals surface area (Å²) in [7, 11) is 0. The molecular formula is C21H24N3OY+. The van der Waals surface area contributed by atoms with Crippen LogP contribution in [0.25, 0.3) is 10.8 Å². The fourth-order valence-electron chi connectivity index (χ4n) is 3.87. The van der Waals surface area contributed by atoms with E-state index in [2.05, 4.69) is 28.3 Å². The van der Waals surface area contributed by atoms with Gasteiger partial charge in [0.1, 0.15) is 0 Å². The van der Waals surface area contributed by atoms with Gasteiger partial charge in [0.15, 0.2) is 6.20 Å². The normalized spacial score (nSPS) is 14.8. The molecule has 5 heteroatoms. The van der Waals surface area contributed by atoms with E-state index in [0.717, 1.165) is 16.5 Å². The second-order valence-corrected chi connectivity index (χ2v) is 6.83. The average molecular weight is 423 g/mol. The van der Waals surface area contributed by atoms with Crippen LogP contribution in [-0.2, 0) is 44.0 Å². The zero-order chi connectivity index (χ0) is 17.1. The Bertz CT molecular complexity index is 878. The van der Waals surface area contributed by atoms with Crippen LogP contribution in [0.5, 0.6) is 0 Å². The van der Waals surface area contributed by atoms with Crippen LogP contribution in [-0.4, -0.2) is 10.6 Å². The van der Waals surface area contributed by atoms with Crippen LogP contribution in [0.4, 0.5) is 5.69 Å². The van der Waals surface area contributed by atoms with Gasteiger partial charge in [0.05, 0.1) is 12.2 Å². The molecule has 1 aromatic heterocycles. The molecule has 3 aromatic rings. The van der Waals surface area contributed by atoms with E-state index in [1.165, 1.54) is 32.1 Å². The average Bonchev–Trinajstić information content (AvgIpc) is 3.11. The number of fused-ring (bicyclic) bond motifs is 1. The van der Waals surface area contributed by atoms with Gasteiger partial charge in [-0.25, -0.2) is 0 Å². The van der Waals surface area contributed by atoms with Crippen molar-refractivity contribution in [1.29, 1.82) is 0 Å². The van der Waals surface area contributed by atoms with E-state index in [1.807, 2.05) is 47.3 Å². The molecule has 26 heavy (non-hydrogen) atoms. The van der Waals surface area contributed by atoms with Crippen molar-refractivity contribution in [2.45, 2.75) is 44.7 Å². The minimum atomic E-state index is 0. The first-order chi connectivity index (χ1) is 12.3. The number of anilines is 1. The summed E-state index contributed by atoms with van der Waals surface area (Å²) in [5.74, 6) is 0.0112. The molecule has 4 nitrogen and oxygen atoms in total. The van der Waals surface area contributed by atoms with E-state index in [-0.39, 0.29) is 38.6 Å². The quantitative estimate of drug-likeness (QED) is 0.632. The van der Waals surface area contributed by atoms with Gasteiger partial charge in [-0.1, -0.05) is 55.7 Å². The van der Waals surface area contributed by atoms with Crippen LogP contribution >= 0.6 is 0 Å². The van der Waals surface area contributed by atoms with Gasteiger partial charge < -0.3 is 5.32 Å².